The molecule has 0 spiro atoms. The van der Waals surface area contributed by atoms with Gasteiger partial charge in [-0.1, -0.05) is 42.5 Å². The largest absolute Gasteiger partial charge is 0.469 e. The maximum Gasteiger partial charge on any atom is 0.311 e. The van der Waals surface area contributed by atoms with Gasteiger partial charge < -0.3 is 23.7 Å². The van der Waals surface area contributed by atoms with Crippen LogP contribution >= 0.6 is 0 Å². The summed E-state index contributed by atoms with van der Waals surface area (Å²) in [4.78, 5) is 48.7. The van der Waals surface area contributed by atoms with Crippen LogP contribution in [0.3, 0.4) is 0 Å². The smallest absolute Gasteiger partial charge is 0.311 e. The number of benzene rings is 2. The summed E-state index contributed by atoms with van der Waals surface area (Å²) in [6, 6.07) is 13.9. The maximum atomic E-state index is 12.8. The lowest BCUT2D eigenvalue weighted by Crippen LogP contribution is -2.61. The number of rotatable bonds is 6. The topological polar surface area (TPSA) is 114 Å². The van der Waals surface area contributed by atoms with Crippen LogP contribution in [0, 0.1) is 11.8 Å². The highest BCUT2D eigenvalue weighted by atomic mass is 16.6. The lowest BCUT2D eigenvalue weighted by Gasteiger charge is -2.49. The minimum atomic E-state index is -1.08. The van der Waals surface area contributed by atoms with Gasteiger partial charge in [-0.3, -0.25) is 19.2 Å². The van der Waals surface area contributed by atoms with Gasteiger partial charge in [0, 0.05) is 20.8 Å². The Morgan fingerprint density at radius 3 is 2.22 bits per heavy atom. The van der Waals surface area contributed by atoms with E-state index in [2.05, 4.69) is 0 Å². The number of ether oxygens (including phenoxy) is 5. The molecule has 0 bridgehead atoms. The molecule has 9 nitrogen and oxygen atoms in total. The molecule has 1 aliphatic heterocycles. The fourth-order valence-corrected chi connectivity index (χ4v) is 5.25. The maximum absolute atomic E-state index is 12.8. The molecule has 2 aromatic rings. The number of hydrogen-bond acceptors (Lipinski definition) is 9. The second kappa shape index (κ2) is 11.1. The van der Waals surface area contributed by atoms with Crippen LogP contribution in [-0.2, 0) is 42.9 Å². The monoisotopic (exact) mass is 510 g/mol. The fourth-order valence-electron chi connectivity index (χ4n) is 5.25. The van der Waals surface area contributed by atoms with E-state index in [1.807, 2.05) is 48.5 Å². The van der Waals surface area contributed by atoms with Gasteiger partial charge in [-0.2, -0.15) is 0 Å². The SMILES string of the molecule is COC(=O)C1CC=C(c2ccc3ccccc3c2)C2[C@@H]1O[C@H](COC(C)=O)[C@@H](OC(C)=O)[C@@H]2OC(C)=O. The molecule has 0 N–H and O–H groups in total. The first kappa shape index (κ1) is 26.3. The van der Waals surface area contributed by atoms with Gasteiger partial charge in [0.2, 0.25) is 0 Å². The van der Waals surface area contributed by atoms with Crippen LogP contribution in [0.25, 0.3) is 16.3 Å². The van der Waals surface area contributed by atoms with Crippen LogP contribution < -0.4 is 0 Å². The molecule has 1 fully saturated rings. The number of fused-ring (bicyclic) bond motifs is 2. The Kier molecular flexibility index (Phi) is 7.92. The van der Waals surface area contributed by atoms with Gasteiger partial charge in [-0.05, 0) is 34.4 Å². The van der Waals surface area contributed by atoms with Crippen molar-refractivity contribution in [2.24, 2.45) is 11.8 Å². The van der Waals surface area contributed by atoms with Gasteiger partial charge in [0.1, 0.15) is 12.7 Å². The zero-order chi connectivity index (χ0) is 26.7. The molecule has 0 aromatic heterocycles. The molecule has 1 saturated heterocycles. The third kappa shape index (κ3) is 5.67. The number of hydrogen-bond donors (Lipinski definition) is 0. The van der Waals surface area contributed by atoms with Gasteiger partial charge in [-0.25, -0.2) is 0 Å². The van der Waals surface area contributed by atoms with Crippen LogP contribution in [0.5, 0.6) is 0 Å². The summed E-state index contributed by atoms with van der Waals surface area (Å²) in [6.07, 6.45) is -1.61. The number of esters is 4. The Balaban J connectivity index is 1.84. The summed E-state index contributed by atoms with van der Waals surface area (Å²) >= 11 is 0. The molecule has 4 rings (SSSR count). The van der Waals surface area contributed by atoms with Gasteiger partial charge in [0.15, 0.2) is 12.2 Å². The molecule has 9 heteroatoms. The number of allylic oxidation sites excluding steroid dienone is 1. The first-order valence-corrected chi connectivity index (χ1v) is 12.1. The summed E-state index contributed by atoms with van der Waals surface area (Å²) in [6.45, 7) is 3.49. The van der Waals surface area contributed by atoms with E-state index < -0.39 is 60.1 Å². The number of carbonyl (C=O) groups excluding carboxylic acids is 4. The quantitative estimate of drug-likeness (QED) is 0.427. The Morgan fingerprint density at radius 1 is 0.892 bits per heavy atom. The Labute approximate surface area is 214 Å². The number of methoxy groups -OCH3 is 1. The molecule has 1 aliphatic carbocycles. The molecule has 196 valence electrons. The van der Waals surface area contributed by atoms with Crippen molar-refractivity contribution in [2.45, 2.75) is 51.6 Å². The third-order valence-electron chi connectivity index (χ3n) is 6.72. The molecular formula is C28H30O9. The van der Waals surface area contributed by atoms with Crippen LogP contribution in [0.2, 0.25) is 0 Å². The van der Waals surface area contributed by atoms with Crippen molar-refractivity contribution < 1.29 is 42.9 Å². The van der Waals surface area contributed by atoms with E-state index >= 15 is 0 Å². The molecule has 37 heavy (non-hydrogen) atoms. The highest BCUT2D eigenvalue weighted by molar-refractivity contribution is 5.87. The van der Waals surface area contributed by atoms with E-state index in [0.29, 0.717) is 6.42 Å². The van der Waals surface area contributed by atoms with Crippen molar-refractivity contribution in [1.82, 2.24) is 0 Å². The summed E-state index contributed by atoms with van der Waals surface area (Å²) in [5.41, 5.74) is 1.66. The average molecular weight is 511 g/mol. The second-order valence-electron chi connectivity index (χ2n) is 9.20. The number of carbonyl (C=O) groups is 4. The zero-order valence-corrected chi connectivity index (χ0v) is 21.2. The van der Waals surface area contributed by atoms with E-state index in [0.717, 1.165) is 21.9 Å². The predicted molar refractivity (Wildman–Crippen MR) is 132 cm³/mol. The molecule has 2 aromatic carbocycles. The van der Waals surface area contributed by atoms with Crippen molar-refractivity contribution in [3.8, 4) is 0 Å². The minimum absolute atomic E-state index is 0.253. The van der Waals surface area contributed by atoms with E-state index in [4.69, 9.17) is 23.7 Å². The van der Waals surface area contributed by atoms with Crippen LogP contribution in [0.15, 0.2) is 48.5 Å². The molecule has 0 radical (unpaired) electrons. The average Bonchev–Trinajstić information content (AvgIpc) is 2.86. The Morgan fingerprint density at radius 2 is 1.57 bits per heavy atom. The molecule has 1 heterocycles. The summed E-state index contributed by atoms with van der Waals surface area (Å²) in [5, 5.41) is 2.07. The molecule has 2 unspecified atom stereocenters. The third-order valence-corrected chi connectivity index (χ3v) is 6.72. The summed E-state index contributed by atoms with van der Waals surface area (Å²) < 4.78 is 28.0. The predicted octanol–water partition coefficient (Wildman–Crippen LogP) is 3.23. The molecule has 0 saturated carbocycles. The van der Waals surface area contributed by atoms with Crippen molar-refractivity contribution in [2.75, 3.05) is 13.7 Å². The highest BCUT2D eigenvalue weighted by Gasteiger charge is 2.56. The standard InChI is InChI=1S/C28H30O9/c1-15(29)34-14-23-26(35-16(2)30)27(36-17(3)31)24-21(11-12-22(25(24)37-23)28(32)33-4)20-10-9-18-7-5-6-8-19(18)13-20/h5-11,13,22-27H,12,14H2,1-4H3/t22?,23-,24?,25-,26-,27-/m1/s1. The highest BCUT2D eigenvalue weighted by Crippen LogP contribution is 2.46. The summed E-state index contributed by atoms with van der Waals surface area (Å²) in [7, 11) is 1.30. The van der Waals surface area contributed by atoms with E-state index in [1.165, 1.54) is 27.9 Å². The van der Waals surface area contributed by atoms with Crippen molar-refractivity contribution in [3.63, 3.8) is 0 Å². The molecule has 6 atom stereocenters. The van der Waals surface area contributed by atoms with Crippen molar-refractivity contribution in [1.29, 1.82) is 0 Å². The first-order valence-electron chi connectivity index (χ1n) is 12.1. The first-order chi connectivity index (χ1) is 17.7. The summed E-state index contributed by atoms with van der Waals surface area (Å²) in [5.74, 6) is -3.62. The zero-order valence-electron chi connectivity index (χ0n) is 21.2. The normalized spacial score (nSPS) is 26.9. The van der Waals surface area contributed by atoms with Gasteiger partial charge in [0.05, 0.1) is 25.0 Å². The Bertz CT molecular complexity index is 1230. The van der Waals surface area contributed by atoms with Crippen molar-refractivity contribution in [3.05, 3.63) is 54.1 Å². The molecule has 2 aliphatic rings. The van der Waals surface area contributed by atoms with Gasteiger partial charge in [0.25, 0.3) is 0 Å². The van der Waals surface area contributed by atoms with Gasteiger partial charge >= 0.3 is 23.9 Å². The van der Waals surface area contributed by atoms with Gasteiger partial charge in [-0.15, -0.1) is 0 Å². The van der Waals surface area contributed by atoms with Crippen molar-refractivity contribution >= 4 is 40.2 Å². The van der Waals surface area contributed by atoms with Crippen LogP contribution in [-0.4, -0.2) is 62.0 Å². The lowest BCUT2D eigenvalue weighted by atomic mass is 9.70. The van der Waals surface area contributed by atoms with E-state index in [1.54, 1.807) is 0 Å². The van der Waals surface area contributed by atoms with Crippen LogP contribution in [0.4, 0.5) is 0 Å². The lowest BCUT2D eigenvalue weighted by molar-refractivity contribution is -0.235. The van der Waals surface area contributed by atoms with E-state index in [-0.39, 0.29) is 6.61 Å². The molecular weight excluding hydrogens is 480 g/mol. The van der Waals surface area contributed by atoms with Crippen LogP contribution in [0.1, 0.15) is 32.8 Å². The second-order valence-corrected chi connectivity index (χ2v) is 9.20. The molecule has 0 amide bonds. The Hall–Kier alpha value is -3.72. The van der Waals surface area contributed by atoms with E-state index in [9.17, 15) is 19.2 Å². The fraction of sp³-hybridized carbons (Fsp3) is 0.429. The minimum Gasteiger partial charge on any atom is -0.469 e.